The number of hydrogen-bond donors (Lipinski definition) is 2. The first kappa shape index (κ1) is 24.4. The Balaban J connectivity index is 2.12. The van der Waals surface area contributed by atoms with Crippen molar-refractivity contribution in [3.8, 4) is 11.5 Å². The number of nitro benzene ring substituents is 1. The fraction of sp³-hybridized carbons (Fsp3) is 0.364. The number of amides is 1. The second-order valence-corrected chi connectivity index (χ2v) is 7.93. The Labute approximate surface area is 185 Å². The first-order valence-corrected chi connectivity index (χ1v) is 9.74. The van der Waals surface area contributed by atoms with E-state index in [0.717, 1.165) is 0 Å². The molecular formula is C22H26N2O8. The monoisotopic (exact) mass is 446 g/mol. The number of carboxylic acid groups (broad SMARTS) is 1. The van der Waals surface area contributed by atoms with E-state index in [1.807, 2.05) is 0 Å². The van der Waals surface area contributed by atoms with Gasteiger partial charge in [-0.15, -0.1) is 0 Å². The second-order valence-electron chi connectivity index (χ2n) is 7.93. The molecule has 172 valence electrons. The Bertz CT molecular complexity index is 967. The van der Waals surface area contributed by atoms with Gasteiger partial charge in [0.05, 0.1) is 12.0 Å². The molecule has 0 radical (unpaired) electrons. The molecule has 2 N–H and O–H groups in total. The Morgan fingerprint density at radius 1 is 1.16 bits per heavy atom. The van der Waals surface area contributed by atoms with E-state index in [-0.39, 0.29) is 18.7 Å². The van der Waals surface area contributed by atoms with Crippen LogP contribution in [0.5, 0.6) is 11.5 Å². The molecule has 2 rings (SSSR count). The second kappa shape index (κ2) is 10.5. The summed E-state index contributed by atoms with van der Waals surface area (Å²) < 4.78 is 16.2. The van der Waals surface area contributed by atoms with Crippen molar-refractivity contribution >= 4 is 17.7 Å². The van der Waals surface area contributed by atoms with Gasteiger partial charge in [0.25, 0.3) is 5.69 Å². The van der Waals surface area contributed by atoms with Crippen LogP contribution >= 0.6 is 0 Å². The van der Waals surface area contributed by atoms with Crippen molar-refractivity contribution in [1.29, 1.82) is 0 Å². The third kappa shape index (κ3) is 7.46. The Hall–Kier alpha value is -3.82. The molecule has 0 heterocycles. The van der Waals surface area contributed by atoms with Gasteiger partial charge in [0.15, 0.2) is 0 Å². The number of nitrogens with one attached hydrogen (secondary N) is 1. The van der Waals surface area contributed by atoms with Crippen LogP contribution in [0.2, 0.25) is 0 Å². The summed E-state index contributed by atoms with van der Waals surface area (Å²) in [4.78, 5) is 33.9. The maximum Gasteiger partial charge on any atom is 0.408 e. The predicted octanol–water partition coefficient (Wildman–Crippen LogP) is 3.70. The largest absolute Gasteiger partial charge is 0.496 e. The molecule has 0 aliphatic rings. The molecule has 1 unspecified atom stereocenters. The van der Waals surface area contributed by atoms with Crippen LogP contribution < -0.4 is 14.8 Å². The van der Waals surface area contributed by atoms with Gasteiger partial charge in [0, 0.05) is 24.1 Å². The number of carbonyl (C=O) groups excluding carboxylic acids is 1. The van der Waals surface area contributed by atoms with E-state index in [4.69, 9.17) is 14.2 Å². The number of nitro groups is 1. The first-order valence-electron chi connectivity index (χ1n) is 9.74. The molecule has 0 fully saturated rings. The van der Waals surface area contributed by atoms with E-state index in [0.29, 0.717) is 22.6 Å². The predicted molar refractivity (Wildman–Crippen MR) is 115 cm³/mol. The number of methoxy groups -OCH3 is 1. The zero-order chi connectivity index (χ0) is 23.9. The number of nitrogens with zero attached hydrogens (tertiary/aromatic N) is 1. The first-order chi connectivity index (χ1) is 15.0. The van der Waals surface area contributed by atoms with Crippen LogP contribution in [-0.2, 0) is 22.6 Å². The highest BCUT2D eigenvalue weighted by Gasteiger charge is 2.24. The van der Waals surface area contributed by atoms with Crippen molar-refractivity contribution in [2.24, 2.45) is 0 Å². The van der Waals surface area contributed by atoms with Gasteiger partial charge in [-0.05, 0) is 50.6 Å². The van der Waals surface area contributed by atoms with Gasteiger partial charge in [0.1, 0.15) is 29.7 Å². The van der Waals surface area contributed by atoms with Gasteiger partial charge in [-0.25, -0.2) is 9.59 Å². The summed E-state index contributed by atoms with van der Waals surface area (Å²) in [5.41, 5.74) is 0.478. The molecule has 32 heavy (non-hydrogen) atoms. The number of non-ortho nitro benzene ring substituents is 1. The number of ether oxygens (including phenoxy) is 3. The van der Waals surface area contributed by atoms with Crippen LogP contribution in [-0.4, -0.2) is 40.8 Å². The summed E-state index contributed by atoms with van der Waals surface area (Å²) in [6, 6.07) is 9.54. The minimum atomic E-state index is -1.20. The van der Waals surface area contributed by atoms with Crippen LogP contribution in [0.3, 0.4) is 0 Å². The lowest BCUT2D eigenvalue weighted by molar-refractivity contribution is -0.384. The fourth-order valence-corrected chi connectivity index (χ4v) is 2.78. The van der Waals surface area contributed by atoms with E-state index < -0.39 is 28.6 Å². The lowest BCUT2D eigenvalue weighted by Crippen LogP contribution is -2.44. The van der Waals surface area contributed by atoms with E-state index in [2.05, 4.69) is 5.32 Å². The van der Waals surface area contributed by atoms with Crippen LogP contribution in [0, 0.1) is 10.1 Å². The highest BCUT2D eigenvalue weighted by molar-refractivity contribution is 5.80. The zero-order valence-corrected chi connectivity index (χ0v) is 18.3. The number of alkyl carbamates (subject to hydrolysis) is 1. The van der Waals surface area contributed by atoms with E-state index in [1.54, 1.807) is 39.0 Å². The number of benzene rings is 2. The fourth-order valence-electron chi connectivity index (χ4n) is 2.78. The average Bonchev–Trinajstić information content (AvgIpc) is 2.70. The molecule has 10 nitrogen and oxygen atoms in total. The number of aliphatic carboxylic acids is 1. The van der Waals surface area contributed by atoms with Crippen LogP contribution in [0.25, 0.3) is 0 Å². The zero-order valence-electron chi connectivity index (χ0n) is 18.3. The molecular weight excluding hydrogens is 420 g/mol. The van der Waals surface area contributed by atoms with E-state index in [9.17, 15) is 24.8 Å². The molecule has 0 bridgehead atoms. The third-order valence-electron chi connectivity index (χ3n) is 4.22. The maximum absolute atomic E-state index is 12.0. The van der Waals surface area contributed by atoms with Gasteiger partial charge >= 0.3 is 12.1 Å². The number of carbonyl (C=O) groups is 2. The molecule has 0 aliphatic heterocycles. The summed E-state index contributed by atoms with van der Waals surface area (Å²) in [5.74, 6) is -0.240. The van der Waals surface area contributed by atoms with Crippen molar-refractivity contribution in [3.63, 3.8) is 0 Å². The summed E-state index contributed by atoms with van der Waals surface area (Å²) in [5, 5.41) is 22.6. The van der Waals surface area contributed by atoms with Gasteiger partial charge in [-0.2, -0.15) is 0 Å². The molecule has 1 amide bonds. The lowest BCUT2D eigenvalue weighted by atomic mass is 10.0. The standard InChI is InChI=1S/C22H26N2O8/c1-22(2,3)32-21(27)23-18(20(25)26)12-14-5-10-19(30-4)15(11-14)13-31-17-8-6-16(7-9-17)24(28)29/h5-11,18H,12-13H2,1-4H3,(H,23,27)(H,25,26). The lowest BCUT2D eigenvalue weighted by Gasteiger charge is -2.22. The average molecular weight is 446 g/mol. The normalized spacial score (nSPS) is 11.9. The van der Waals surface area contributed by atoms with Gasteiger partial charge in [-0.1, -0.05) is 6.07 Å². The molecule has 0 aromatic heterocycles. The topological polar surface area (TPSA) is 137 Å². The Morgan fingerprint density at radius 2 is 1.81 bits per heavy atom. The van der Waals surface area contributed by atoms with Crippen molar-refractivity contribution in [2.45, 2.75) is 45.4 Å². The molecule has 0 saturated carbocycles. The molecule has 2 aromatic carbocycles. The number of hydrogen-bond acceptors (Lipinski definition) is 7. The SMILES string of the molecule is COc1ccc(CC(NC(=O)OC(C)(C)C)C(=O)O)cc1COc1ccc([N+](=O)[O-])cc1. The molecule has 0 aliphatic carbocycles. The van der Waals surface area contributed by atoms with Gasteiger partial charge in [-0.3, -0.25) is 10.1 Å². The van der Waals surface area contributed by atoms with Crippen molar-refractivity contribution < 1.29 is 33.8 Å². The molecule has 10 heteroatoms. The summed E-state index contributed by atoms with van der Waals surface area (Å²) in [6.07, 6.45) is -0.802. The van der Waals surface area contributed by atoms with E-state index >= 15 is 0 Å². The van der Waals surface area contributed by atoms with Gasteiger partial charge in [0.2, 0.25) is 0 Å². The minimum absolute atomic E-state index is 0.0170. The van der Waals surface area contributed by atoms with Crippen molar-refractivity contribution in [1.82, 2.24) is 5.32 Å². The highest BCUT2D eigenvalue weighted by Crippen LogP contribution is 2.24. The summed E-state index contributed by atoms with van der Waals surface area (Å²) in [6.45, 7) is 5.14. The molecule has 0 saturated heterocycles. The minimum Gasteiger partial charge on any atom is -0.496 e. The highest BCUT2D eigenvalue weighted by atomic mass is 16.6. The van der Waals surface area contributed by atoms with Crippen LogP contribution in [0.1, 0.15) is 31.9 Å². The molecule has 1 atom stereocenters. The van der Waals surface area contributed by atoms with Crippen molar-refractivity contribution in [3.05, 3.63) is 63.7 Å². The number of rotatable bonds is 9. The Kier molecular flexibility index (Phi) is 8.00. The quantitative estimate of drug-likeness (QED) is 0.439. The van der Waals surface area contributed by atoms with Gasteiger partial charge < -0.3 is 24.6 Å². The third-order valence-corrected chi connectivity index (χ3v) is 4.22. The van der Waals surface area contributed by atoms with E-state index in [1.165, 1.54) is 31.4 Å². The maximum atomic E-state index is 12.0. The summed E-state index contributed by atoms with van der Waals surface area (Å²) >= 11 is 0. The molecule has 2 aromatic rings. The van der Waals surface area contributed by atoms with Crippen LogP contribution in [0.4, 0.5) is 10.5 Å². The smallest absolute Gasteiger partial charge is 0.408 e. The Morgan fingerprint density at radius 3 is 2.34 bits per heavy atom. The number of carboxylic acids is 1. The molecule has 0 spiro atoms. The summed E-state index contributed by atoms with van der Waals surface area (Å²) in [7, 11) is 1.49. The van der Waals surface area contributed by atoms with Crippen molar-refractivity contribution in [2.75, 3.05) is 7.11 Å². The van der Waals surface area contributed by atoms with Crippen LogP contribution in [0.15, 0.2) is 42.5 Å².